The van der Waals surface area contributed by atoms with Crippen LogP contribution in [0.4, 0.5) is 10.5 Å². The summed E-state index contributed by atoms with van der Waals surface area (Å²) in [4.78, 5) is 29.5. The number of halogens is 1. The van der Waals surface area contributed by atoms with Crippen molar-refractivity contribution in [2.45, 2.75) is 44.9 Å². The van der Waals surface area contributed by atoms with E-state index in [-0.39, 0.29) is 17.7 Å². The van der Waals surface area contributed by atoms with Gasteiger partial charge in [0.25, 0.3) is 5.69 Å². The Morgan fingerprint density at radius 2 is 2.00 bits per heavy atom. The maximum absolute atomic E-state index is 12.2. The fourth-order valence-electron chi connectivity index (χ4n) is 5.20. The van der Waals surface area contributed by atoms with Gasteiger partial charge in [0.2, 0.25) is 0 Å². The number of nitrogens with zero attached hydrogens (tertiary/aromatic N) is 3. The van der Waals surface area contributed by atoms with E-state index in [0.29, 0.717) is 31.1 Å². The Morgan fingerprint density at radius 3 is 2.68 bits per heavy atom. The first kappa shape index (κ1) is 21.6. The molecule has 4 rings (SSSR count). The molecule has 1 aliphatic carbocycles. The number of likely N-dealkylation sites (tertiary alicyclic amines) is 1. The van der Waals surface area contributed by atoms with Crippen molar-refractivity contribution >= 4 is 23.4 Å². The van der Waals surface area contributed by atoms with Gasteiger partial charge in [0, 0.05) is 29.6 Å². The van der Waals surface area contributed by atoms with Crippen LogP contribution in [0.1, 0.15) is 49.1 Å². The van der Waals surface area contributed by atoms with Crippen LogP contribution in [0.5, 0.6) is 0 Å². The van der Waals surface area contributed by atoms with Crippen LogP contribution in [0.2, 0.25) is 5.02 Å². The van der Waals surface area contributed by atoms with Gasteiger partial charge in [0.05, 0.1) is 17.2 Å². The molecule has 7 nitrogen and oxygen atoms in total. The summed E-state index contributed by atoms with van der Waals surface area (Å²) in [6.45, 7) is 5.59. The number of carbonyl (C=O) groups excluding carboxylic acids is 1. The normalized spacial score (nSPS) is 21.1. The highest BCUT2D eigenvalue weighted by atomic mass is 35.5. The molecule has 0 bridgehead atoms. The molecule has 0 radical (unpaired) electrons. The number of ether oxygens (including phenoxy) is 1. The van der Waals surface area contributed by atoms with E-state index in [9.17, 15) is 14.9 Å². The molecule has 2 aromatic rings. The Bertz CT molecular complexity index is 1020. The van der Waals surface area contributed by atoms with Crippen molar-refractivity contribution in [2.24, 2.45) is 5.92 Å². The summed E-state index contributed by atoms with van der Waals surface area (Å²) < 4.78 is 5.16. The number of carbonyl (C=O) groups is 1. The summed E-state index contributed by atoms with van der Waals surface area (Å²) in [7, 11) is 0. The Labute approximate surface area is 186 Å². The molecule has 0 saturated carbocycles. The smallest absolute Gasteiger partial charge is 0.409 e. The van der Waals surface area contributed by atoms with Crippen LogP contribution < -0.4 is 0 Å². The molecule has 0 spiro atoms. The van der Waals surface area contributed by atoms with E-state index in [0.717, 1.165) is 36.1 Å². The molecular weight excluding hydrogens is 418 g/mol. The van der Waals surface area contributed by atoms with Crippen molar-refractivity contribution in [1.82, 2.24) is 9.88 Å². The lowest BCUT2D eigenvalue weighted by molar-refractivity contribution is -0.385. The monoisotopic (exact) mass is 443 g/mol. The number of benzene rings is 1. The van der Waals surface area contributed by atoms with Crippen molar-refractivity contribution in [2.75, 3.05) is 19.7 Å². The lowest BCUT2D eigenvalue weighted by Gasteiger charge is -2.43. The van der Waals surface area contributed by atoms with E-state index in [1.54, 1.807) is 17.9 Å². The van der Waals surface area contributed by atoms with Crippen molar-refractivity contribution in [3.63, 3.8) is 0 Å². The third-order valence-corrected chi connectivity index (χ3v) is 7.02. The maximum atomic E-state index is 12.2. The van der Waals surface area contributed by atoms with Crippen LogP contribution in [0.15, 0.2) is 30.5 Å². The van der Waals surface area contributed by atoms with Crippen molar-refractivity contribution in [3.8, 4) is 0 Å². The number of rotatable bonds is 3. The molecule has 1 aliphatic heterocycles. The van der Waals surface area contributed by atoms with E-state index in [1.807, 2.05) is 12.1 Å². The average molecular weight is 444 g/mol. The van der Waals surface area contributed by atoms with Gasteiger partial charge in [-0.05, 0) is 74.3 Å². The van der Waals surface area contributed by atoms with Crippen LogP contribution in [0.3, 0.4) is 0 Å². The van der Waals surface area contributed by atoms with Gasteiger partial charge in [-0.25, -0.2) is 4.79 Å². The molecule has 1 aromatic carbocycles. The number of hydrogen-bond donors (Lipinski definition) is 0. The molecule has 1 fully saturated rings. The molecule has 1 unspecified atom stereocenters. The molecule has 1 atom stereocenters. The van der Waals surface area contributed by atoms with E-state index in [2.05, 4.69) is 18.0 Å². The van der Waals surface area contributed by atoms with Crippen LogP contribution in [0.25, 0.3) is 0 Å². The van der Waals surface area contributed by atoms with Crippen molar-refractivity contribution < 1.29 is 14.5 Å². The third-order valence-electron chi connectivity index (χ3n) is 6.78. The fraction of sp³-hybridized carbons (Fsp3) is 0.478. The van der Waals surface area contributed by atoms with Gasteiger partial charge < -0.3 is 9.64 Å². The van der Waals surface area contributed by atoms with E-state index in [1.165, 1.54) is 11.8 Å². The minimum atomic E-state index is -0.429. The highest BCUT2D eigenvalue weighted by molar-refractivity contribution is 6.30. The summed E-state index contributed by atoms with van der Waals surface area (Å²) >= 11 is 6.31. The van der Waals surface area contributed by atoms with Crippen LogP contribution in [-0.2, 0) is 23.0 Å². The Morgan fingerprint density at radius 1 is 1.29 bits per heavy atom. The SMILES string of the molecule is CCOC(=O)N1CCC(C2(C)c3ccc(Cl)cc3CCc3cc([N+](=O)[O-])cnc32)CC1. The first-order chi connectivity index (χ1) is 14.8. The van der Waals surface area contributed by atoms with Gasteiger partial charge in [-0.3, -0.25) is 15.1 Å². The predicted molar refractivity (Wildman–Crippen MR) is 118 cm³/mol. The number of amides is 1. The summed E-state index contributed by atoms with van der Waals surface area (Å²) in [5, 5.41) is 12.0. The lowest BCUT2D eigenvalue weighted by Crippen LogP contribution is -2.45. The average Bonchev–Trinajstić information content (AvgIpc) is 2.88. The van der Waals surface area contributed by atoms with Crippen LogP contribution >= 0.6 is 11.6 Å². The zero-order valence-electron chi connectivity index (χ0n) is 17.8. The van der Waals surface area contributed by atoms with Gasteiger partial charge in [-0.15, -0.1) is 0 Å². The number of aryl methyl sites for hydroxylation is 2. The van der Waals surface area contributed by atoms with Gasteiger partial charge in [0.1, 0.15) is 6.20 Å². The highest BCUT2D eigenvalue weighted by Gasteiger charge is 2.45. The van der Waals surface area contributed by atoms with Gasteiger partial charge in [0.15, 0.2) is 0 Å². The second-order valence-electron chi connectivity index (χ2n) is 8.42. The zero-order chi connectivity index (χ0) is 22.2. The summed E-state index contributed by atoms with van der Waals surface area (Å²) in [5.41, 5.74) is 3.73. The number of pyridine rings is 1. The third kappa shape index (κ3) is 3.87. The Hall–Kier alpha value is -2.67. The molecule has 1 saturated heterocycles. The van der Waals surface area contributed by atoms with Crippen LogP contribution in [-0.4, -0.2) is 40.6 Å². The topological polar surface area (TPSA) is 85.6 Å². The van der Waals surface area contributed by atoms with Gasteiger partial charge in [-0.2, -0.15) is 0 Å². The largest absolute Gasteiger partial charge is 0.450 e. The molecule has 164 valence electrons. The maximum Gasteiger partial charge on any atom is 0.409 e. The zero-order valence-corrected chi connectivity index (χ0v) is 18.5. The second kappa shape index (κ2) is 8.46. The van der Waals surface area contributed by atoms with Crippen LogP contribution in [0, 0.1) is 16.0 Å². The highest BCUT2D eigenvalue weighted by Crippen LogP contribution is 2.48. The van der Waals surface area contributed by atoms with Gasteiger partial charge >= 0.3 is 6.09 Å². The first-order valence-electron chi connectivity index (χ1n) is 10.7. The molecule has 1 amide bonds. The number of fused-ring (bicyclic) bond motifs is 2. The molecule has 31 heavy (non-hydrogen) atoms. The Balaban J connectivity index is 1.76. The predicted octanol–water partition coefficient (Wildman–Crippen LogP) is 4.92. The molecule has 1 aromatic heterocycles. The number of hydrogen-bond acceptors (Lipinski definition) is 5. The standard InChI is InChI=1S/C23H26ClN3O4/c1-3-31-22(28)26-10-8-17(9-11-26)23(2)20-7-6-18(24)12-15(20)4-5-16-13-19(27(29)30)14-25-21(16)23/h6-7,12-14,17H,3-5,8-11H2,1-2H3. The number of nitro groups is 1. The minimum Gasteiger partial charge on any atom is -0.450 e. The van der Waals surface area contributed by atoms with E-state index in [4.69, 9.17) is 16.3 Å². The summed E-state index contributed by atoms with van der Waals surface area (Å²) in [6.07, 6.45) is 4.13. The second-order valence-corrected chi connectivity index (χ2v) is 8.86. The van der Waals surface area contributed by atoms with Crippen molar-refractivity contribution in [3.05, 3.63) is 68.0 Å². The quantitative estimate of drug-likeness (QED) is 0.496. The Kier molecular flexibility index (Phi) is 5.88. The van der Waals surface area contributed by atoms with E-state index < -0.39 is 10.3 Å². The van der Waals surface area contributed by atoms with Gasteiger partial charge in [-0.1, -0.05) is 17.7 Å². The number of aromatic nitrogens is 1. The fourth-order valence-corrected chi connectivity index (χ4v) is 5.39. The van der Waals surface area contributed by atoms with Crippen molar-refractivity contribution in [1.29, 1.82) is 0 Å². The summed E-state index contributed by atoms with van der Waals surface area (Å²) in [5.74, 6) is 0.226. The molecule has 8 heteroatoms. The molecular formula is C23H26ClN3O4. The lowest BCUT2D eigenvalue weighted by atomic mass is 9.64. The minimum absolute atomic E-state index is 0.0159. The van der Waals surface area contributed by atoms with E-state index >= 15 is 0 Å². The number of piperidine rings is 1. The molecule has 2 aliphatic rings. The first-order valence-corrected chi connectivity index (χ1v) is 11.1. The molecule has 0 N–H and O–H groups in total. The molecule has 2 heterocycles. The summed E-state index contributed by atoms with van der Waals surface area (Å²) in [6, 6.07) is 7.65.